The van der Waals surface area contributed by atoms with Crippen LogP contribution in [0.4, 0.5) is 5.13 Å². The number of carbonyl (C=O) groups is 1. The third-order valence-corrected chi connectivity index (χ3v) is 4.60. The minimum Gasteiger partial charge on any atom is -0.545 e. The van der Waals surface area contributed by atoms with Crippen LogP contribution < -0.4 is 9.84 Å². The van der Waals surface area contributed by atoms with E-state index >= 15 is 0 Å². The molecule has 6 nitrogen and oxygen atoms in total. The Morgan fingerprint density at radius 1 is 1.27 bits per heavy atom. The normalized spacial score (nSPS) is 13.4. The number of benzene rings is 2. The highest BCUT2D eigenvalue weighted by molar-refractivity contribution is 7.13. The predicted octanol–water partition coefficient (Wildman–Crippen LogP) is 2.79. The van der Waals surface area contributed by atoms with Crippen molar-refractivity contribution in [2.75, 3.05) is 6.79 Å². The zero-order valence-corrected chi connectivity index (χ0v) is 14.4. The van der Waals surface area contributed by atoms with Crippen molar-refractivity contribution in [1.29, 1.82) is 0 Å². The summed E-state index contributed by atoms with van der Waals surface area (Å²) < 4.78 is 10.7. The summed E-state index contributed by atoms with van der Waals surface area (Å²) >= 11 is 1.41. The summed E-state index contributed by atoms with van der Waals surface area (Å²) in [7, 11) is 0. The lowest BCUT2D eigenvalue weighted by Crippen LogP contribution is -2.23. The van der Waals surface area contributed by atoms with E-state index in [4.69, 9.17) is 9.47 Å². The van der Waals surface area contributed by atoms with Gasteiger partial charge in [-0.05, 0) is 17.7 Å². The highest BCUT2D eigenvalue weighted by atomic mass is 32.1. The van der Waals surface area contributed by atoms with Crippen LogP contribution in [-0.2, 0) is 11.3 Å². The molecule has 130 valence electrons. The highest BCUT2D eigenvalue weighted by Crippen LogP contribution is 2.30. The zero-order chi connectivity index (χ0) is 17.9. The van der Waals surface area contributed by atoms with Gasteiger partial charge in [-0.15, -0.1) is 11.3 Å². The molecular formula is C19H13N2O4S-. The number of rotatable bonds is 4. The Kier molecular flexibility index (Phi) is 4.47. The molecule has 1 aliphatic rings. The Morgan fingerprint density at radius 3 is 2.92 bits per heavy atom. The van der Waals surface area contributed by atoms with E-state index in [1.165, 1.54) is 23.5 Å². The number of aromatic carboxylic acids is 1. The number of thiazole rings is 1. The van der Waals surface area contributed by atoms with Crippen LogP contribution in [0.3, 0.4) is 0 Å². The van der Waals surface area contributed by atoms with Crippen molar-refractivity contribution < 1.29 is 19.4 Å². The number of nitrogens with zero attached hydrogens (tertiary/aromatic N) is 2. The highest BCUT2D eigenvalue weighted by Gasteiger charge is 2.16. The maximum atomic E-state index is 11.2. The second kappa shape index (κ2) is 7.07. The Bertz CT molecular complexity index is 982. The molecule has 0 amide bonds. The first kappa shape index (κ1) is 16.4. The number of ether oxygens (including phenoxy) is 2. The summed E-state index contributed by atoms with van der Waals surface area (Å²) in [6, 6.07) is 12.8. The molecule has 0 unspecified atom stereocenters. The topological polar surface area (TPSA) is 83.8 Å². The van der Waals surface area contributed by atoms with Gasteiger partial charge in [0.2, 0.25) is 5.13 Å². The van der Waals surface area contributed by atoms with Crippen molar-refractivity contribution in [3.63, 3.8) is 0 Å². The standard InChI is InChI=1S/C19H14N2O4S/c22-18(23)13-6-14(17-15(7-13)9-24-11-25-17)8-20-19-21-16(10-26-19)12-4-2-1-3-5-12/h1-8,10H,9,11H2,(H,22,23)/p-1. The molecule has 2 aromatic carbocycles. The number of hydrogen-bond acceptors (Lipinski definition) is 7. The number of aromatic nitrogens is 1. The van der Waals surface area contributed by atoms with E-state index in [0.29, 0.717) is 22.0 Å². The summed E-state index contributed by atoms with van der Waals surface area (Å²) in [6.45, 7) is 0.403. The number of aliphatic imine (C=N–C) groups is 1. The Hall–Kier alpha value is -3.03. The first-order chi connectivity index (χ1) is 12.7. The van der Waals surface area contributed by atoms with Gasteiger partial charge in [-0.25, -0.2) is 9.98 Å². The van der Waals surface area contributed by atoms with Gasteiger partial charge in [-0.1, -0.05) is 30.3 Å². The summed E-state index contributed by atoms with van der Waals surface area (Å²) in [5, 5.41) is 13.7. The zero-order valence-electron chi connectivity index (χ0n) is 13.5. The molecule has 26 heavy (non-hydrogen) atoms. The molecule has 0 saturated carbocycles. The van der Waals surface area contributed by atoms with E-state index in [2.05, 4.69) is 9.98 Å². The molecular weight excluding hydrogens is 352 g/mol. The summed E-state index contributed by atoms with van der Waals surface area (Å²) in [5.74, 6) is -0.682. The van der Waals surface area contributed by atoms with Gasteiger partial charge in [0.15, 0.2) is 6.79 Å². The molecule has 0 aliphatic carbocycles. The van der Waals surface area contributed by atoms with Crippen LogP contribution in [-0.4, -0.2) is 24.0 Å². The van der Waals surface area contributed by atoms with Gasteiger partial charge in [0.1, 0.15) is 5.75 Å². The Labute approximate surface area is 153 Å². The van der Waals surface area contributed by atoms with Crippen molar-refractivity contribution in [3.05, 3.63) is 64.5 Å². The first-order valence-corrected chi connectivity index (χ1v) is 8.72. The van der Waals surface area contributed by atoms with Gasteiger partial charge >= 0.3 is 0 Å². The minimum absolute atomic E-state index is 0.0587. The fourth-order valence-corrected chi connectivity index (χ4v) is 3.32. The van der Waals surface area contributed by atoms with Crippen molar-refractivity contribution in [2.45, 2.75) is 6.61 Å². The second-order valence-electron chi connectivity index (χ2n) is 5.59. The smallest absolute Gasteiger partial charge is 0.209 e. The molecule has 1 aromatic heterocycles. The Balaban J connectivity index is 1.66. The minimum atomic E-state index is -1.26. The molecule has 0 atom stereocenters. The third-order valence-electron chi connectivity index (χ3n) is 3.85. The quantitative estimate of drug-likeness (QED) is 0.664. The van der Waals surface area contributed by atoms with Crippen LogP contribution in [0.2, 0.25) is 0 Å². The third kappa shape index (κ3) is 3.35. The maximum absolute atomic E-state index is 11.2. The predicted molar refractivity (Wildman–Crippen MR) is 95.9 cm³/mol. The van der Waals surface area contributed by atoms with Crippen molar-refractivity contribution in [3.8, 4) is 17.0 Å². The van der Waals surface area contributed by atoms with Crippen LogP contribution in [0, 0.1) is 0 Å². The molecule has 3 aromatic rings. The van der Waals surface area contributed by atoms with E-state index in [0.717, 1.165) is 11.3 Å². The van der Waals surface area contributed by atoms with Gasteiger partial charge in [-0.2, -0.15) is 0 Å². The molecule has 0 bridgehead atoms. The average molecular weight is 365 g/mol. The van der Waals surface area contributed by atoms with E-state index in [1.54, 1.807) is 6.21 Å². The molecule has 0 radical (unpaired) electrons. The van der Waals surface area contributed by atoms with Gasteiger partial charge in [0.25, 0.3) is 0 Å². The largest absolute Gasteiger partial charge is 0.545 e. The molecule has 0 fully saturated rings. The average Bonchev–Trinajstić information content (AvgIpc) is 3.15. The summed E-state index contributed by atoms with van der Waals surface area (Å²) in [5.41, 5.74) is 3.13. The lowest BCUT2D eigenvalue weighted by Gasteiger charge is -2.20. The van der Waals surface area contributed by atoms with Crippen molar-refractivity contribution >= 4 is 28.7 Å². The van der Waals surface area contributed by atoms with Crippen LogP contribution in [0.5, 0.6) is 5.75 Å². The molecule has 2 heterocycles. The lowest BCUT2D eigenvalue weighted by molar-refractivity contribution is -0.255. The van der Waals surface area contributed by atoms with Gasteiger partial charge in [0, 0.05) is 28.3 Å². The number of carboxylic acids is 1. The van der Waals surface area contributed by atoms with Gasteiger partial charge < -0.3 is 19.4 Å². The number of carboxylic acid groups (broad SMARTS) is 1. The summed E-state index contributed by atoms with van der Waals surface area (Å²) in [4.78, 5) is 20.1. The fraction of sp³-hybridized carbons (Fsp3) is 0.105. The van der Waals surface area contributed by atoms with Gasteiger partial charge in [-0.3, -0.25) is 0 Å². The molecule has 0 N–H and O–H groups in total. The lowest BCUT2D eigenvalue weighted by atomic mass is 10.0. The van der Waals surface area contributed by atoms with Crippen LogP contribution in [0.15, 0.2) is 52.8 Å². The number of fused-ring (bicyclic) bond motifs is 1. The molecule has 7 heteroatoms. The Morgan fingerprint density at radius 2 is 2.12 bits per heavy atom. The molecule has 0 spiro atoms. The molecule has 0 saturated heterocycles. The summed E-state index contributed by atoms with van der Waals surface area (Å²) in [6.07, 6.45) is 1.56. The second-order valence-corrected chi connectivity index (χ2v) is 6.43. The van der Waals surface area contributed by atoms with E-state index in [9.17, 15) is 9.90 Å². The van der Waals surface area contributed by atoms with Crippen LogP contribution in [0.25, 0.3) is 11.3 Å². The van der Waals surface area contributed by atoms with E-state index in [1.807, 2.05) is 35.7 Å². The molecule has 4 rings (SSSR count). The van der Waals surface area contributed by atoms with E-state index < -0.39 is 5.97 Å². The van der Waals surface area contributed by atoms with Crippen LogP contribution in [0.1, 0.15) is 21.5 Å². The first-order valence-electron chi connectivity index (χ1n) is 7.84. The fourth-order valence-electron chi connectivity index (χ4n) is 2.65. The van der Waals surface area contributed by atoms with Crippen LogP contribution >= 0.6 is 11.3 Å². The number of hydrogen-bond donors (Lipinski definition) is 0. The number of carbonyl (C=O) groups excluding carboxylic acids is 1. The SMILES string of the molecule is O=C([O-])c1cc(C=Nc2nc(-c3ccccc3)cs2)c2c(c1)COCO2. The maximum Gasteiger partial charge on any atom is 0.209 e. The van der Waals surface area contributed by atoms with Crippen molar-refractivity contribution in [2.24, 2.45) is 4.99 Å². The van der Waals surface area contributed by atoms with E-state index in [-0.39, 0.29) is 19.0 Å². The monoisotopic (exact) mass is 365 g/mol. The van der Waals surface area contributed by atoms with Crippen molar-refractivity contribution in [1.82, 2.24) is 4.98 Å². The molecule has 1 aliphatic heterocycles. The van der Waals surface area contributed by atoms with Gasteiger partial charge in [0.05, 0.1) is 18.3 Å².